The Morgan fingerprint density at radius 1 is 1.29 bits per heavy atom. The number of carbonyl (C=O) groups is 1. The van der Waals surface area contributed by atoms with Crippen LogP contribution in [0.1, 0.15) is 57.2 Å². The third-order valence-corrected chi connectivity index (χ3v) is 4.09. The maximum Gasteiger partial charge on any atom is 0.230 e. The average Bonchev–Trinajstić information content (AvgIpc) is 3.15. The van der Waals surface area contributed by atoms with Gasteiger partial charge in [-0.15, -0.1) is 11.3 Å². The first kappa shape index (κ1) is 10.2. The molecule has 2 aromatic carbocycles. The van der Waals surface area contributed by atoms with Crippen LogP contribution < -0.4 is 11.1 Å². The number of rotatable bonds is 9. The number of nitrogens with zero attached hydrogens (tertiary/aromatic N) is 1. The summed E-state index contributed by atoms with van der Waals surface area (Å²) in [5.74, 6) is -0.830. The summed E-state index contributed by atoms with van der Waals surface area (Å²) >= 11 is 0.839. The first-order valence-corrected chi connectivity index (χ1v) is 9.08. The molecule has 0 unspecified atom stereocenters. The van der Waals surface area contributed by atoms with Crippen molar-refractivity contribution < 1.29 is 25.0 Å². The van der Waals surface area contributed by atoms with Crippen LogP contribution in [0.15, 0.2) is 59.9 Å². The minimum atomic E-state index is -3.25. The van der Waals surface area contributed by atoms with E-state index in [2.05, 4.69) is 10.3 Å². The molecule has 0 bridgehead atoms. The van der Waals surface area contributed by atoms with E-state index < -0.39 is 79.4 Å². The van der Waals surface area contributed by atoms with Crippen molar-refractivity contribution in [3.63, 3.8) is 0 Å². The molecule has 1 amide bonds. The van der Waals surface area contributed by atoms with Crippen LogP contribution in [0.5, 0.6) is 0 Å². The Morgan fingerprint density at radius 3 is 2.71 bits per heavy atom. The Hall–Kier alpha value is -2.70. The Labute approximate surface area is 184 Å². The van der Waals surface area contributed by atoms with Gasteiger partial charge in [-0.05, 0) is 42.3 Å². The lowest BCUT2D eigenvalue weighted by atomic mass is 10.0. The summed E-state index contributed by atoms with van der Waals surface area (Å²) in [6.07, 6.45) is -12.5. The molecular formula is C22H25N3O2S. The highest BCUT2D eigenvalue weighted by molar-refractivity contribution is 7.13. The molecular weight excluding hydrogens is 370 g/mol. The first-order valence-electron chi connectivity index (χ1n) is 13.8. The van der Waals surface area contributed by atoms with E-state index in [-0.39, 0.29) is 21.7 Å². The summed E-state index contributed by atoms with van der Waals surface area (Å²) in [7, 11) is 0. The highest BCUT2D eigenvalue weighted by Crippen LogP contribution is 2.20. The Morgan fingerprint density at radius 2 is 2.04 bits per heavy atom. The number of thiazole rings is 1. The minimum Gasteiger partial charge on any atom is -0.388 e. The third kappa shape index (κ3) is 6.18. The van der Waals surface area contributed by atoms with Crippen molar-refractivity contribution >= 4 is 28.1 Å². The lowest BCUT2D eigenvalue weighted by molar-refractivity contribution is -0.115. The van der Waals surface area contributed by atoms with E-state index in [4.69, 9.17) is 20.8 Å². The summed E-state index contributed by atoms with van der Waals surface area (Å²) in [5.41, 5.74) is 4.14. The molecule has 0 saturated carbocycles. The first-order chi connectivity index (χ1) is 17.9. The fraction of sp³-hybridized carbons (Fsp3) is 0.273. The maximum atomic E-state index is 12.5. The molecule has 1 aromatic heterocycles. The van der Waals surface area contributed by atoms with E-state index in [0.29, 0.717) is 0 Å². The second-order valence-electron chi connectivity index (χ2n) is 5.57. The molecule has 0 spiro atoms. The minimum absolute atomic E-state index is 0.0402. The van der Waals surface area contributed by atoms with Gasteiger partial charge in [0.25, 0.3) is 0 Å². The fourth-order valence-electron chi connectivity index (χ4n) is 2.17. The number of nitrogens with two attached hydrogens (primary N) is 1. The molecule has 6 heteroatoms. The molecule has 146 valence electrons. The molecule has 3 rings (SSSR count). The highest BCUT2D eigenvalue weighted by atomic mass is 32.1. The molecule has 28 heavy (non-hydrogen) atoms. The molecule has 1 atom stereocenters. The summed E-state index contributed by atoms with van der Waals surface area (Å²) in [5, 5.41) is 12.7. The molecule has 0 saturated heterocycles. The van der Waals surface area contributed by atoms with Crippen molar-refractivity contribution in [2.24, 2.45) is 0 Å². The predicted molar refractivity (Wildman–Crippen MR) is 114 cm³/mol. The van der Waals surface area contributed by atoms with E-state index >= 15 is 0 Å². The van der Waals surface area contributed by atoms with Gasteiger partial charge >= 0.3 is 0 Å². The quantitative estimate of drug-likeness (QED) is 0.493. The zero-order valence-corrected chi connectivity index (χ0v) is 15.5. The molecule has 1 heterocycles. The van der Waals surface area contributed by atoms with Gasteiger partial charge in [0.15, 0.2) is 5.13 Å². The summed E-state index contributed by atoms with van der Waals surface area (Å²) in [6.45, 7) is 0. The van der Waals surface area contributed by atoms with Gasteiger partial charge < -0.3 is 16.2 Å². The number of nitrogen functional groups attached to an aromatic ring is 1. The lowest BCUT2D eigenvalue weighted by Gasteiger charge is -2.10. The summed E-state index contributed by atoms with van der Waals surface area (Å²) in [4.78, 5) is 16.3. The van der Waals surface area contributed by atoms with Crippen LogP contribution in [-0.2, 0) is 17.6 Å². The fourth-order valence-corrected chi connectivity index (χ4v) is 2.67. The van der Waals surface area contributed by atoms with Crippen LogP contribution in [0, 0.1) is 0 Å². The van der Waals surface area contributed by atoms with Gasteiger partial charge in [-0.1, -0.05) is 48.8 Å². The van der Waals surface area contributed by atoms with E-state index in [1.54, 1.807) is 18.2 Å². The molecule has 0 aliphatic carbocycles. The smallest absolute Gasteiger partial charge is 0.230 e. The average molecular weight is 407 g/mol. The van der Waals surface area contributed by atoms with Crippen LogP contribution in [0.25, 0.3) is 0 Å². The normalized spacial score (nSPS) is 19.1. The number of benzene rings is 2. The van der Waals surface area contributed by atoms with Crippen LogP contribution in [0.2, 0.25) is 0 Å². The van der Waals surface area contributed by atoms with E-state index in [1.807, 2.05) is 0 Å². The molecule has 0 aliphatic heterocycles. The van der Waals surface area contributed by atoms with Crippen LogP contribution >= 0.6 is 11.3 Å². The monoisotopic (exact) mass is 406 g/mol. The molecule has 0 fully saturated rings. The number of nitrogens with one attached hydrogen (secondary N) is 1. The van der Waals surface area contributed by atoms with Gasteiger partial charge in [0.1, 0.15) is 0 Å². The summed E-state index contributed by atoms with van der Waals surface area (Å²) in [6, 6.07) is 3.95. The highest BCUT2D eigenvalue weighted by Gasteiger charge is 2.08. The van der Waals surface area contributed by atoms with Crippen molar-refractivity contribution in [2.75, 3.05) is 11.1 Å². The Kier molecular flexibility index (Phi) is 3.64. The number of anilines is 2. The van der Waals surface area contributed by atoms with Crippen molar-refractivity contribution in [2.45, 2.75) is 38.1 Å². The van der Waals surface area contributed by atoms with Crippen LogP contribution in [0.3, 0.4) is 0 Å². The van der Waals surface area contributed by atoms with Crippen molar-refractivity contribution in [3.05, 3.63) is 76.7 Å². The van der Waals surface area contributed by atoms with Crippen molar-refractivity contribution in [3.8, 4) is 0 Å². The van der Waals surface area contributed by atoms with Crippen LogP contribution in [-0.4, -0.2) is 16.0 Å². The number of aliphatic hydroxyl groups excluding tert-OH is 1. The molecule has 5 nitrogen and oxygen atoms in total. The lowest BCUT2D eigenvalue weighted by Crippen LogP contribution is -2.14. The molecule has 0 aliphatic rings. The zero-order valence-electron chi connectivity index (χ0n) is 25.7. The SMILES string of the molecule is [2H]c1sc(N)nc1CC(=O)Nc1c([2H])c([2H])c(C([2H])([2H])C([2H])([2H])CC([2H])([2H])[C@H](O)c2ccccc2)c([2H])c1[2H]. The topological polar surface area (TPSA) is 88.2 Å². The van der Waals surface area contributed by atoms with Crippen LogP contribution in [0.4, 0.5) is 10.8 Å². The number of hydrogen-bond donors (Lipinski definition) is 3. The second-order valence-corrected chi connectivity index (χ2v) is 6.40. The third-order valence-electron chi connectivity index (χ3n) is 3.45. The maximum absolute atomic E-state index is 12.5. The number of hydrogen-bond acceptors (Lipinski definition) is 5. The summed E-state index contributed by atoms with van der Waals surface area (Å²) < 4.78 is 91.1. The molecule has 0 radical (unpaired) electrons. The largest absolute Gasteiger partial charge is 0.388 e. The number of amides is 1. The van der Waals surface area contributed by atoms with E-state index in [0.717, 1.165) is 11.3 Å². The van der Waals surface area contributed by atoms with Gasteiger partial charge in [-0.25, -0.2) is 4.98 Å². The standard InChI is InChI=1S/C22H25N3O2S/c23-22-25-19(15-28-22)14-21(27)24-18-12-10-16(11-13-18)6-4-5-9-20(26)17-7-2-1-3-8-17/h1-3,7-8,10-13,15,20,26H,4-6,9,14H2,(H2,23,25)(H,24,27)/t20-/m0/s1/i4D2,6D2,9D2,10D,11D,12D,13D,15D. The molecule has 3 aromatic rings. The second kappa shape index (κ2) is 10.0. The van der Waals surface area contributed by atoms with Gasteiger partial charge in [0.05, 0.1) is 25.1 Å². The zero-order chi connectivity index (χ0) is 29.5. The Bertz CT molecular complexity index is 1350. The van der Waals surface area contributed by atoms with Gasteiger partial charge in [-0.2, -0.15) is 0 Å². The van der Waals surface area contributed by atoms with Gasteiger partial charge in [0.2, 0.25) is 5.91 Å². The number of carbonyl (C=O) groups excluding carboxylic acids is 1. The van der Waals surface area contributed by atoms with E-state index in [1.165, 1.54) is 12.1 Å². The van der Waals surface area contributed by atoms with Gasteiger partial charge in [0, 0.05) is 19.3 Å². The van der Waals surface area contributed by atoms with E-state index in [9.17, 15) is 9.90 Å². The molecule has 4 N–H and O–H groups in total. The van der Waals surface area contributed by atoms with Gasteiger partial charge in [-0.3, -0.25) is 4.79 Å². The van der Waals surface area contributed by atoms with Crippen molar-refractivity contribution in [1.29, 1.82) is 0 Å². The van der Waals surface area contributed by atoms with Crippen molar-refractivity contribution in [1.82, 2.24) is 4.98 Å². The number of aliphatic hydroxyl groups is 1. The Balaban J connectivity index is 1.94. The number of aromatic nitrogens is 1. The predicted octanol–water partition coefficient (Wildman–Crippen LogP) is 4.35.